The minimum atomic E-state index is -0.329. The summed E-state index contributed by atoms with van der Waals surface area (Å²) in [6.07, 6.45) is 5.05. The lowest BCUT2D eigenvalue weighted by molar-refractivity contribution is 0.0588. The Morgan fingerprint density at radius 3 is 2.48 bits per heavy atom. The van der Waals surface area contributed by atoms with Crippen molar-refractivity contribution in [1.82, 2.24) is 19.7 Å². The molecular weight excluding hydrogens is 602 g/mol. The Morgan fingerprint density at radius 1 is 0.977 bits per heavy atom. The zero-order chi connectivity index (χ0) is 30.8. The van der Waals surface area contributed by atoms with E-state index in [0.717, 1.165) is 56.3 Å². The van der Waals surface area contributed by atoms with Gasteiger partial charge >= 0.3 is 0 Å². The van der Waals surface area contributed by atoms with Crippen LogP contribution in [-0.2, 0) is 13.1 Å². The van der Waals surface area contributed by atoms with Crippen LogP contribution >= 0.6 is 23.2 Å². The highest BCUT2D eigenvalue weighted by Gasteiger charge is 2.39. The highest BCUT2D eigenvalue weighted by Crippen LogP contribution is 2.33. The first kappa shape index (κ1) is 30.6. The molecule has 2 bridgehead atoms. The van der Waals surface area contributed by atoms with Crippen molar-refractivity contribution in [2.75, 3.05) is 33.3 Å². The van der Waals surface area contributed by atoms with Crippen LogP contribution in [0.1, 0.15) is 45.5 Å². The fourth-order valence-corrected chi connectivity index (χ4v) is 7.03. The highest BCUT2D eigenvalue weighted by atomic mass is 35.5. The number of halogens is 3. The molecule has 1 aromatic heterocycles. The van der Waals surface area contributed by atoms with E-state index in [1.54, 1.807) is 37.4 Å². The molecule has 2 saturated heterocycles. The van der Waals surface area contributed by atoms with Crippen molar-refractivity contribution in [3.05, 3.63) is 99.4 Å². The number of benzene rings is 3. The van der Waals surface area contributed by atoms with Gasteiger partial charge in [0.15, 0.2) is 5.78 Å². The number of nitrogens with one attached hydrogen (secondary N) is 1. The fourth-order valence-electron chi connectivity index (χ4n) is 6.73. The molecule has 6 rings (SSSR count). The van der Waals surface area contributed by atoms with Crippen LogP contribution < -0.4 is 10.1 Å². The van der Waals surface area contributed by atoms with Crippen molar-refractivity contribution in [2.45, 2.75) is 44.4 Å². The van der Waals surface area contributed by atoms with Crippen LogP contribution in [0, 0.1) is 5.82 Å². The Bertz CT molecular complexity index is 1680. The zero-order valence-electron chi connectivity index (χ0n) is 24.6. The van der Waals surface area contributed by atoms with Gasteiger partial charge in [-0.1, -0.05) is 47.5 Å². The fraction of sp³-hybridized carbons (Fsp3) is 0.353. The van der Waals surface area contributed by atoms with Crippen molar-refractivity contribution in [3.63, 3.8) is 0 Å². The van der Waals surface area contributed by atoms with Gasteiger partial charge in [-0.2, -0.15) is 0 Å². The van der Waals surface area contributed by atoms with Gasteiger partial charge < -0.3 is 14.6 Å². The van der Waals surface area contributed by atoms with Crippen LogP contribution in [0.3, 0.4) is 0 Å². The molecule has 0 radical (unpaired) electrons. The number of methoxy groups -OCH3 is 1. The van der Waals surface area contributed by atoms with Gasteiger partial charge in [-0.3, -0.25) is 19.4 Å². The molecule has 2 aliphatic heterocycles. The number of aryl methyl sites for hydroxylation is 1. The molecule has 3 heterocycles. The number of hydrogen-bond acceptors (Lipinski definition) is 5. The van der Waals surface area contributed by atoms with Gasteiger partial charge in [0.05, 0.1) is 34.8 Å². The molecule has 1 N–H and O–H groups in total. The third kappa shape index (κ3) is 6.49. The Balaban J connectivity index is 1.09. The van der Waals surface area contributed by atoms with E-state index >= 15 is 0 Å². The quantitative estimate of drug-likeness (QED) is 0.192. The van der Waals surface area contributed by atoms with E-state index < -0.39 is 0 Å². The summed E-state index contributed by atoms with van der Waals surface area (Å²) < 4.78 is 21.4. The molecule has 230 valence electrons. The number of aromatic nitrogens is 1. The van der Waals surface area contributed by atoms with E-state index in [-0.39, 0.29) is 24.1 Å². The van der Waals surface area contributed by atoms with Crippen LogP contribution in [0.4, 0.5) is 4.39 Å². The number of fused-ring (bicyclic) bond motifs is 3. The summed E-state index contributed by atoms with van der Waals surface area (Å²) in [5.74, 6) is 0.230. The summed E-state index contributed by atoms with van der Waals surface area (Å²) in [6, 6.07) is 17.8. The summed E-state index contributed by atoms with van der Waals surface area (Å²) in [5.41, 5.74) is 2.74. The van der Waals surface area contributed by atoms with E-state index in [1.807, 2.05) is 24.4 Å². The average Bonchev–Trinajstić information content (AvgIpc) is 3.50. The average molecular weight is 638 g/mol. The van der Waals surface area contributed by atoms with E-state index in [9.17, 15) is 14.0 Å². The maximum absolute atomic E-state index is 13.6. The molecule has 44 heavy (non-hydrogen) atoms. The number of Topliss-reactive ketones (excluding diaryl/α,β-unsaturated/α-hetero) is 1. The number of carbonyl (C=O) groups is 2. The summed E-state index contributed by atoms with van der Waals surface area (Å²) >= 11 is 12.2. The molecule has 2 aliphatic rings. The number of ketones is 1. The van der Waals surface area contributed by atoms with Gasteiger partial charge in [0.2, 0.25) is 0 Å². The SMILES string of the molecule is COc1cccc2c(C(=O)NCc3cccc(F)c3)cn(CCCN3C4CCC3CN(CC(=O)c3ccc(Cl)c(Cl)c3)C4)c12. The lowest BCUT2D eigenvalue weighted by atomic mass is 10.1. The third-order valence-corrected chi connectivity index (χ3v) is 9.54. The highest BCUT2D eigenvalue weighted by molar-refractivity contribution is 6.42. The number of ether oxygens (including phenoxy) is 1. The van der Waals surface area contributed by atoms with Crippen LogP contribution in [0.15, 0.2) is 66.9 Å². The summed E-state index contributed by atoms with van der Waals surface area (Å²) in [7, 11) is 1.64. The van der Waals surface area contributed by atoms with Crippen LogP contribution in [0.5, 0.6) is 5.75 Å². The Kier molecular flexibility index (Phi) is 9.23. The standard InChI is InChI=1S/C34H35Cl2FN4O3/c1-44-32-8-3-7-27-28(34(43)38-17-22-5-2-6-24(37)15-22)20-40(33(27)32)13-4-14-41-25-10-11-26(41)19-39(18-25)21-31(42)23-9-12-29(35)30(36)16-23/h2-3,5-9,12,15-16,20,25-26H,4,10-11,13-14,17-19,21H2,1H3,(H,38,43). The molecular formula is C34H35Cl2FN4O3. The van der Waals surface area contributed by atoms with Gasteiger partial charge in [0, 0.05) is 62.0 Å². The van der Waals surface area contributed by atoms with Gasteiger partial charge in [0.25, 0.3) is 5.91 Å². The molecule has 0 spiro atoms. The summed E-state index contributed by atoms with van der Waals surface area (Å²) in [6.45, 7) is 3.99. The predicted molar refractivity (Wildman–Crippen MR) is 171 cm³/mol. The van der Waals surface area contributed by atoms with Crippen LogP contribution in [0.25, 0.3) is 10.9 Å². The first-order chi connectivity index (χ1) is 21.3. The first-order valence-corrected chi connectivity index (χ1v) is 15.7. The number of likely N-dealkylation sites (tertiary alicyclic amines) is 1. The van der Waals surface area contributed by atoms with E-state index in [2.05, 4.69) is 19.7 Å². The van der Waals surface area contributed by atoms with Crippen molar-refractivity contribution < 1.29 is 18.7 Å². The van der Waals surface area contributed by atoms with Crippen molar-refractivity contribution in [1.29, 1.82) is 0 Å². The smallest absolute Gasteiger partial charge is 0.253 e. The van der Waals surface area contributed by atoms with Crippen molar-refractivity contribution in [2.24, 2.45) is 0 Å². The van der Waals surface area contributed by atoms with Crippen molar-refractivity contribution >= 4 is 45.8 Å². The second kappa shape index (κ2) is 13.3. The normalized spacial score (nSPS) is 18.5. The third-order valence-electron chi connectivity index (χ3n) is 8.80. The lowest BCUT2D eigenvalue weighted by Crippen LogP contribution is -2.54. The molecule has 3 aromatic carbocycles. The zero-order valence-corrected chi connectivity index (χ0v) is 26.1. The molecule has 1 amide bonds. The van der Waals surface area contributed by atoms with Gasteiger partial charge in [-0.05, 0) is 61.2 Å². The largest absolute Gasteiger partial charge is 0.495 e. The van der Waals surface area contributed by atoms with Crippen LogP contribution in [0.2, 0.25) is 10.0 Å². The minimum absolute atomic E-state index is 0.0561. The number of para-hydroxylation sites is 1. The van der Waals surface area contributed by atoms with Gasteiger partial charge in [0.1, 0.15) is 11.6 Å². The molecule has 4 aromatic rings. The van der Waals surface area contributed by atoms with Crippen molar-refractivity contribution in [3.8, 4) is 5.75 Å². The van der Waals surface area contributed by atoms with Crippen LogP contribution in [-0.4, -0.2) is 71.4 Å². The summed E-state index contributed by atoms with van der Waals surface area (Å²) in [4.78, 5) is 31.1. The maximum atomic E-state index is 13.6. The van der Waals surface area contributed by atoms with E-state index in [4.69, 9.17) is 27.9 Å². The van der Waals surface area contributed by atoms with E-state index in [1.165, 1.54) is 12.1 Å². The topological polar surface area (TPSA) is 66.8 Å². The molecule has 0 saturated carbocycles. The molecule has 2 atom stereocenters. The molecule has 0 aliphatic carbocycles. The summed E-state index contributed by atoms with van der Waals surface area (Å²) in [5, 5.41) is 4.60. The van der Waals surface area contributed by atoms with Gasteiger partial charge in [-0.15, -0.1) is 0 Å². The lowest BCUT2D eigenvalue weighted by Gasteiger charge is -2.41. The number of rotatable bonds is 11. The van der Waals surface area contributed by atoms with E-state index in [0.29, 0.717) is 51.1 Å². The van der Waals surface area contributed by atoms with Gasteiger partial charge in [-0.25, -0.2) is 4.39 Å². The Labute approximate surface area is 266 Å². The second-order valence-corrected chi connectivity index (χ2v) is 12.4. The maximum Gasteiger partial charge on any atom is 0.253 e. The molecule has 7 nitrogen and oxygen atoms in total. The number of carbonyl (C=O) groups excluding carboxylic acids is 2. The Hall–Kier alpha value is -3.43. The molecule has 2 fully saturated rings. The monoisotopic (exact) mass is 636 g/mol. The number of amides is 1. The number of hydrogen-bond donors (Lipinski definition) is 1. The molecule has 10 heteroatoms. The first-order valence-electron chi connectivity index (χ1n) is 15.0. The number of piperazine rings is 1. The predicted octanol–water partition coefficient (Wildman–Crippen LogP) is 6.45. The number of nitrogens with zero attached hydrogens (tertiary/aromatic N) is 3. The second-order valence-electron chi connectivity index (χ2n) is 11.6. The Morgan fingerprint density at radius 2 is 1.75 bits per heavy atom. The molecule has 2 unspecified atom stereocenters. The minimum Gasteiger partial charge on any atom is -0.495 e.